The molecule has 0 saturated carbocycles. The minimum Gasteiger partial charge on any atom is -0.384 e. The minimum absolute atomic E-state index is 0.209. The predicted molar refractivity (Wildman–Crippen MR) is 61.7 cm³/mol. The molecule has 0 spiro atoms. The molecule has 0 saturated heterocycles. The summed E-state index contributed by atoms with van der Waals surface area (Å²) in [5, 5.41) is 0. The zero-order valence-corrected chi connectivity index (χ0v) is 10.1. The molecule has 0 aliphatic rings. The van der Waals surface area contributed by atoms with E-state index in [9.17, 15) is 0 Å². The number of methoxy groups -OCH3 is 1. The molecule has 86 valence electrons. The summed E-state index contributed by atoms with van der Waals surface area (Å²) >= 11 is 0. The highest BCUT2D eigenvalue weighted by Crippen LogP contribution is 2.19. The van der Waals surface area contributed by atoms with Crippen LogP contribution in [0, 0.1) is 0 Å². The van der Waals surface area contributed by atoms with Crippen LogP contribution in [-0.2, 0) is 17.7 Å². The number of hydrogen-bond acceptors (Lipinski definition) is 3. The molecule has 0 bridgehead atoms. The monoisotopic (exact) mass is 211 g/mol. The molecule has 15 heavy (non-hydrogen) atoms. The Labute approximate surface area is 91.4 Å². The first-order chi connectivity index (χ1) is 7.00. The Kier molecular flexibility index (Phi) is 3.74. The van der Waals surface area contributed by atoms with E-state index in [1.54, 1.807) is 13.4 Å². The van der Waals surface area contributed by atoms with Crippen molar-refractivity contribution in [2.75, 3.05) is 12.8 Å². The summed E-state index contributed by atoms with van der Waals surface area (Å²) in [4.78, 5) is 4.33. The number of anilines is 1. The van der Waals surface area contributed by atoms with Crippen LogP contribution in [0.2, 0.25) is 0 Å². The van der Waals surface area contributed by atoms with E-state index in [4.69, 9.17) is 10.5 Å². The largest absolute Gasteiger partial charge is 0.384 e. The second-order valence-corrected chi connectivity index (χ2v) is 4.41. The van der Waals surface area contributed by atoms with Crippen LogP contribution < -0.4 is 5.73 Å². The lowest BCUT2D eigenvalue weighted by Gasteiger charge is -2.21. The van der Waals surface area contributed by atoms with Crippen molar-refractivity contribution in [1.82, 2.24) is 9.55 Å². The molecule has 0 unspecified atom stereocenters. The number of ether oxygens (including phenoxy) is 1. The van der Waals surface area contributed by atoms with E-state index in [-0.39, 0.29) is 5.60 Å². The van der Waals surface area contributed by atoms with Gasteiger partial charge in [0.15, 0.2) is 0 Å². The molecule has 0 fully saturated rings. The minimum atomic E-state index is -0.209. The summed E-state index contributed by atoms with van der Waals surface area (Å²) in [6.45, 7) is 7.11. The Morgan fingerprint density at radius 2 is 2.20 bits per heavy atom. The summed E-state index contributed by atoms with van der Waals surface area (Å²) in [6.07, 6.45) is 3.61. The van der Waals surface area contributed by atoms with E-state index in [0.29, 0.717) is 0 Å². The van der Waals surface area contributed by atoms with E-state index in [2.05, 4.69) is 11.9 Å². The SMILES string of the molecule is CCCn1cnc(CC(C)(C)OC)c1N. The van der Waals surface area contributed by atoms with Gasteiger partial charge in [0.1, 0.15) is 5.82 Å². The van der Waals surface area contributed by atoms with Crippen molar-refractivity contribution < 1.29 is 4.74 Å². The normalized spacial score (nSPS) is 12.0. The first-order valence-electron chi connectivity index (χ1n) is 5.35. The quantitative estimate of drug-likeness (QED) is 0.808. The molecule has 4 heteroatoms. The molecule has 4 nitrogen and oxygen atoms in total. The second-order valence-electron chi connectivity index (χ2n) is 4.41. The maximum atomic E-state index is 6.00. The van der Waals surface area contributed by atoms with Crippen molar-refractivity contribution >= 4 is 5.82 Å². The van der Waals surface area contributed by atoms with Gasteiger partial charge in [-0.15, -0.1) is 0 Å². The number of nitrogens with zero attached hydrogens (tertiary/aromatic N) is 2. The van der Waals surface area contributed by atoms with Crippen molar-refractivity contribution in [3.8, 4) is 0 Å². The van der Waals surface area contributed by atoms with Crippen LogP contribution in [-0.4, -0.2) is 22.3 Å². The van der Waals surface area contributed by atoms with Crippen LogP contribution in [0.15, 0.2) is 6.33 Å². The first kappa shape index (κ1) is 12.0. The topological polar surface area (TPSA) is 53.1 Å². The Morgan fingerprint density at radius 1 is 1.53 bits per heavy atom. The first-order valence-corrected chi connectivity index (χ1v) is 5.35. The zero-order chi connectivity index (χ0) is 11.5. The van der Waals surface area contributed by atoms with Crippen molar-refractivity contribution in [2.45, 2.75) is 45.8 Å². The highest BCUT2D eigenvalue weighted by molar-refractivity contribution is 5.36. The molecule has 0 aromatic carbocycles. The maximum absolute atomic E-state index is 6.00. The third-order valence-electron chi connectivity index (χ3n) is 2.57. The molecule has 0 atom stereocenters. The van der Waals surface area contributed by atoms with Crippen LogP contribution in [0.1, 0.15) is 32.9 Å². The number of aryl methyl sites for hydroxylation is 1. The van der Waals surface area contributed by atoms with Crippen LogP contribution in [0.25, 0.3) is 0 Å². The van der Waals surface area contributed by atoms with Gasteiger partial charge in [-0.2, -0.15) is 0 Å². The number of rotatable bonds is 5. The molecule has 2 N–H and O–H groups in total. The summed E-state index contributed by atoms with van der Waals surface area (Å²) in [5.41, 5.74) is 6.71. The summed E-state index contributed by atoms with van der Waals surface area (Å²) in [6, 6.07) is 0. The van der Waals surface area contributed by atoms with E-state index >= 15 is 0 Å². The third-order valence-corrected chi connectivity index (χ3v) is 2.57. The average molecular weight is 211 g/mol. The highest BCUT2D eigenvalue weighted by atomic mass is 16.5. The molecule has 0 radical (unpaired) electrons. The fourth-order valence-electron chi connectivity index (χ4n) is 1.46. The van der Waals surface area contributed by atoms with Gasteiger partial charge < -0.3 is 15.0 Å². The number of imidazole rings is 1. The molecule has 1 aromatic rings. The number of hydrogen-bond donors (Lipinski definition) is 1. The van der Waals surface area contributed by atoms with Gasteiger partial charge in [0.2, 0.25) is 0 Å². The molecule has 1 heterocycles. The Balaban J connectivity index is 2.78. The van der Waals surface area contributed by atoms with Crippen molar-refractivity contribution in [1.29, 1.82) is 0 Å². The maximum Gasteiger partial charge on any atom is 0.126 e. The van der Waals surface area contributed by atoms with Gasteiger partial charge in [0.05, 0.1) is 17.6 Å². The van der Waals surface area contributed by atoms with Crippen LogP contribution in [0.4, 0.5) is 5.82 Å². The zero-order valence-electron chi connectivity index (χ0n) is 10.1. The summed E-state index contributed by atoms with van der Waals surface area (Å²) in [5.74, 6) is 0.766. The Morgan fingerprint density at radius 3 is 2.73 bits per heavy atom. The van der Waals surface area contributed by atoms with Gasteiger partial charge in [-0.3, -0.25) is 0 Å². The van der Waals surface area contributed by atoms with E-state index < -0.39 is 0 Å². The molecule has 0 aliphatic heterocycles. The van der Waals surface area contributed by atoms with Crippen molar-refractivity contribution in [3.05, 3.63) is 12.0 Å². The molecule has 1 aromatic heterocycles. The van der Waals surface area contributed by atoms with Crippen LogP contribution in [0.3, 0.4) is 0 Å². The van der Waals surface area contributed by atoms with Crippen LogP contribution in [0.5, 0.6) is 0 Å². The van der Waals surface area contributed by atoms with E-state index in [0.717, 1.165) is 30.9 Å². The average Bonchev–Trinajstić information content (AvgIpc) is 2.50. The number of aromatic nitrogens is 2. The Bertz CT molecular complexity index is 318. The van der Waals surface area contributed by atoms with Crippen molar-refractivity contribution in [3.63, 3.8) is 0 Å². The molecule has 1 rings (SSSR count). The van der Waals surface area contributed by atoms with Gasteiger partial charge in [-0.1, -0.05) is 6.92 Å². The van der Waals surface area contributed by atoms with Gasteiger partial charge in [0.25, 0.3) is 0 Å². The van der Waals surface area contributed by atoms with Gasteiger partial charge >= 0.3 is 0 Å². The second kappa shape index (κ2) is 4.66. The van der Waals surface area contributed by atoms with Crippen molar-refractivity contribution in [2.24, 2.45) is 0 Å². The molecule has 0 amide bonds. The van der Waals surface area contributed by atoms with Gasteiger partial charge in [-0.25, -0.2) is 4.98 Å². The predicted octanol–water partition coefficient (Wildman–Crippen LogP) is 1.84. The van der Waals surface area contributed by atoms with E-state index in [1.165, 1.54) is 0 Å². The lowest BCUT2D eigenvalue weighted by atomic mass is 10.0. The lowest BCUT2D eigenvalue weighted by molar-refractivity contribution is 0.0226. The summed E-state index contributed by atoms with van der Waals surface area (Å²) < 4.78 is 7.35. The highest BCUT2D eigenvalue weighted by Gasteiger charge is 2.20. The lowest BCUT2D eigenvalue weighted by Crippen LogP contribution is -2.26. The smallest absolute Gasteiger partial charge is 0.126 e. The number of nitrogen functional groups attached to an aromatic ring is 1. The fraction of sp³-hybridized carbons (Fsp3) is 0.727. The standard InChI is InChI=1S/C11H21N3O/c1-5-6-14-8-13-9(10(14)12)7-11(2,3)15-4/h8H,5-7,12H2,1-4H3. The molecular formula is C11H21N3O. The summed E-state index contributed by atoms with van der Waals surface area (Å²) in [7, 11) is 1.71. The van der Waals surface area contributed by atoms with E-state index in [1.807, 2.05) is 18.4 Å². The number of nitrogens with two attached hydrogens (primary N) is 1. The van der Waals surface area contributed by atoms with Gasteiger partial charge in [-0.05, 0) is 20.3 Å². The van der Waals surface area contributed by atoms with Gasteiger partial charge in [0, 0.05) is 20.1 Å². The molecular weight excluding hydrogens is 190 g/mol. The third kappa shape index (κ3) is 2.96. The van der Waals surface area contributed by atoms with Crippen LogP contribution >= 0.6 is 0 Å². The fourth-order valence-corrected chi connectivity index (χ4v) is 1.46. The molecule has 0 aliphatic carbocycles. The Hall–Kier alpha value is -1.03.